The summed E-state index contributed by atoms with van der Waals surface area (Å²) in [5, 5.41) is 3.02. The summed E-state index contributed by atoms with van der Waals surface area (Å²) in [5.74, 6) is 0.407. The van der Waals surface area contributed by atoms with Crippen LogP contribution in [-0.4, -0.2) is 64.0 Å². The van der Waals surface area contributed by atoms with Gasteiger partial charge in [-0.25, -0.2) is 8.42 Å². The Morgan fingerprint density at radius 2 is 1.59 bits per heavy atom. The molecular weight excluding hydrogens is 536 g/mol. The number of sulfonamides is 2. The van der Waals surface area contributed by atoms with E-state index < -0.39 is 20.0 Å². The molecule has 0 aromatic heterocycles. The SMILES string of the molecule is CCC(C)c1ccc(S(=O)(=O)N2CCN(C(=O)c3ccc(NC4=NS(=O)(=O)c5ccccc54)cc3)CC2)cc1. The van der Waals surface area contributed by atoms with Gasteiger partial charge < -0.3 is 10.2 Å². The molecule has 2 heterocycles. The summed E-state index contributed by atoms with van der Waals surface area (Å²) in [6, 6.07) is 20.3. The Hall–Kier alpha value is -3.54. The summed E-state index contributed by atoms with van der Waals surface area (Å²) < 4.78 is 56.1. The molecule has 1 saturated heterocycles. The normalized spacial score (nSPS) is 17.8. The van der Waals surface area contributed by atoms with Crippen LogP contribution in [0.3, 0.4) is 0 Å². The highest BCUT2D eigenvalue weighted by molar-refractivity contribution is 7.90. The molecule has 1 amide bonds. The smallest absolute Gasteiger partial charge is 0.285 e. The quantitative estimate of drug-likeness (QED) is 0.484. The topological polar surface area (TPSA) is 116 Å². The van der Waals surface area contributed by atoms with Gasteiger partial charge in [0.15, 0.2) is 5.84 Å². The standard InChI is InChI=1S/C28H30N4O5S2/c1-3-20(2)21-10-14-24(15-11-21)39(36,37)32-18-16-31(17-19-32)28(33)22-8-12-23(13-9-22)29-27-25-6-4-5-7-26(25)38(34,35)30-27/h4-15,20H,3,16-19H2,1-2H3,(H,29,30). The Labute approximate surface area is 229 Å². The number of nitrogens with one attached hydrogen (secondary N) is 1. The number of hydrogen-bond acceptors (Lipinski definition) is 6. The Bertz CT molecular complexity index is 1630. The molecule has 3 aromatic rings. The van der Waals surface area contributed by atoms with Crippen molar-refractivity contribution in [1.29, 1.82) is 0 Å². The van der Waals surface area contributed by atoms with Crippen LogP contribution in [0.4, 0.5) is 5.69 Å². The number of nitrogens with zero attached hydrogens (tertiary/aromatic N) is 3. The number of rotatable bonds is 6. The molecule has 2 aliphatic heterocycles. The molecule has 1 N–H and O–H groups in total. The molecule has 3 aromatic carbocycles. The highest BCUT2D eigenvalue weighted by Gasteiger charge is 2.31. The Balaban J connectivity index is 1.21. The van der Waals surface area contributed by atoms with Crippen molar-refractivity contribution in [3.63, 3.8) is 0 Å². The molecule has 1 atom stereocenters. The number of carbonyl (C=O) groups excluding carboxylic acids is 1. The first-order valence-electron chi connectivity index (χ1n) is 12.8. The van der Waals surface area contributed by atoms with Crippen molar-refractivity contribution in [2.45, 2.75) is 36.0 Å². The zero-order valence-corrected chi connectivity index (χ0v) is 23.4. The van der Waals surface area contributed by atoms with Crippen LogP contribution in [-0.2, 0) is 20.0 Å². The Morgan fingerprint density at radius 3 is 2.23 bits per heavy atom. The first-order valence-corrected chi connectivity index (χ1v) is 15.7. The van der Waals surface area contributed by atoms with Crippen LogP contribution in [0.1, 0.15) is 47.7 Å². The largest absolute Gasteiger partial charge is 0.339 e. The first kappa shape index (κ1) is 27.0. The minimum Gasteiger partial charge on any atom is -0.339 e. The molecule has 0 radical (unpaired) electrons. The van der Waals surface area contributed by atoms with Gasteiger partial charge >= 0.3 is 0 Å². The van der Waals surface area contributed by atoms with Crippen LogP contribution in [0.25, 0.3) is 0 Å². The van der Waals surface area contributed by atoms with Gasteiger partial charge in [0.25, 0.3) is 15.9 Å². The van der Waals surface area contributed by atoms with E-state index in [1.807, 2.05) is 12.1 Å². The lowest BCUT2D eigenvalue weighted by Gasteiger charge is -2.34. The van der Waals surface area contributed by atoms with Gasteiger partial charge in [0.05, 0.1) is 4.90 Å². The third kappa shape index (κ3) is 5.34. The average Bonchev–Trinajstić information content (AvgIpc) is 3.22. The highest BCUT2D eigenvalue weighted by Crippen LogP contribution is 2.27. The molecule has 5 rings (SSSR count). The summed E-state index contributed by atoms with van der Waals surface area (Å²) in [6.07, 6.45) is 0.982. The van der Waals surface area contributed by atoms with Crippen LogP contribution in [0, 0.1) is 0 Å². The lowest BCUT2D eigenvalue weighted by Crippen LogP contribution is -2.50. The number of carbonyl (C=O) groups is 1. The highest BCUT2D eigenvalue weighted by atomic mass is 32.2. The molecule has 9 nitrogen and oxygen atoms in total. The predicted octanol–water partition coefficient (Wildman–Crippen LogP) is 3.91. The van der Waals surface area contributed by atoms with Crippen molar-refractivity contribution in [3.05, 3.63) is 89.5 Å². The maximum Gasteiger partial charge on any atom is 0.285 e. The van der Waals surface area contributed by atoms with Crippen molar-refractivity contribution in [1.82, 2.24) is 9.21 Å². The van der Waals surface area contributed by atoms with Gasteiger partial charge in [0, 0.05) is 43.0 Å². The van der Waals surface area contributed by atoms with Crippen molar-refractivity contribution in [2.75, 3.05) is 31.5 Å². The Morgan fingerprint density at radius 1 is 0.949 bits per heavy atom. The molecule has 39 heavy (non-hydrogen) atoms. The maximum absolute atomic E-state index is 13.1. The van der Waals surface area contributed by atoms with Crippen molar-refractivity contribution in [2.24, 2.45) is 4.40 Å². The minimum atomic E-state index is -3.73. The lowest BCUT2D eigenvalue weighted by atomic mass is 9.99. The average molecular weight is 567 g/mol. The van der Waals surface area contributed by atoms with Gasteiger partial charge in [0.1, 0.15) is 4.90 Å². The van der Waals surface area contributed by atoms with Gasteiger partial charge in [0.2, 0.25) is 10.0 Å². The predicted molar refractivity (Wildman–Crippen MR) is 150 cm³/mol. The second-order valence-electron chi connectivity index (χ2n) is 9.69. The molecule has 0 spiro atoms. The van der Waals surface area contributed by atoms with Crippen LogP contribution in [0.2, 0.25) is 0 Å². The van der Waals surface area contributed by atoms with Gasteiger partial charge in [-0.1, -0.05) is 38.1 Å². The number of fused-ring (bicyclic) bond motifs is 1. The van der Waals surface area contributed by atoms with E-state index in [9.17, 15) is 21.6 Å². The molecule has 2 aliphatic rings. The van der Waals surface area contributed by atoms with Gasteiger partial charge in [-0.05, 0) is 66.4 Å². The summed E-state index contributed by atoms with van der Waals surface area (Å²) >= 11 is 0. The van der Waals surface area contributed by atoms with E-state index in [1.165, 1.54) is 10.4 Å². The molecule has 204 valence electrons. The molecule has 1 unspecified atom stereocenters. The van der Waals surface area contributed by atoms with Crippen molar-refractivity contribution < 1.29 is 21.6 Å². The van der Waals surface area contributed by atoms with E-state index in [2.05, 4.69) is 23.6 Å². The maximum atomic E-state index is 13.1. The van der Waals surface area contributed by atoms with E-state index in [4.69, 9.17) is 0 Å². The summed E-state index contributed by atoms with van der Waals surface area (Å²) in [6.45, 7) is 5.22. The fourth-order valence-corrected chi connectivity index (χ4v) is 7.29. The van der Waals surface area contributed by atoms with E-state index in [0.717, 1.165) is 12.0 Å². The van der Waals surface area contributed by atoms with Gasteiger partial charge in [-0.15, -0.1) is 4.40 Å². The van der Waals surface area contributed by atoms with Crippen LogP contribution >= 0.6 is 0 Å². The van der Waals surface area contributed by atoms with Gasteiger partial charge in [-0.2, -0.15) is 12.7 Å². The first-order chi connectivity index (χ1) is 18.6. The number of amidine groups is 1. The van der Waals surface area contributed by atoms with E-state index in [0.29, 0.717) is 22.7 Å². The molecule has 1 fully saturated rings. The zero-order chi connectivity index (χ0) is 27.8. The Kier molecular flexibility index (Phi) is 7.32. The number of amides is 1. The summed E-state index contributed by atoms with van der Waals surface area (Å²) in [5.41, 5.74) is 2.66. The van der Waals surface area contributed by atoms with Crippen LogP contribution < -0.4 is 5.32 Å². The van der Waals surface area contributed by atoms with Gasteiger partial charge in [-0.3, -0.25) is 4.79 Å². The number of benzene rings is 3. The second kappa shape index (κ2) is 10.6. The third-order valence-electron chi connectivity index (χ3n) is 7.25. The molecule has 11 heteroatoms. The lowest BCUT2D eigenvalue weighted by molar-refractivity contribution is 0.0698. The number of piperazine rings is 1. The number of anilines is 1. The van der Waals surface area contributed by atoms with E-state index >= 15 is 0 Å². The van der Waals surface area contributed by atoms with Crippen molar-refractivity contribution in [3.8, 4) is 0 Å². The summed E-state index contributed by atoms with van der Waals surface area (Å²) in [7, 11) is -7.37. The van der Waals surface area contributed by atoms with Crippen molar-refractivity contribution >= 4 is 37.5 Å². The minimum absolute atomic E-state index is 0.156. The summed E-state index contributed by atoms with van der Waals surface area (Å²) in [4.78, 5) is 15.2. The van der Waals surface area contributed by atoms with Crippen LogP contribution in [0.15, 0.2) is 87.0 Å². The molecule has 0 saturated carbocycles. The fourth-order valence-electron chi connectivity index (χ4n) is 4.70. The number of hydrogen-bond donors (Lipinski definition) is 1. The third-order valence-corrected chi connectivity index (χ3v) is 10.5. The fraction of sp³-hybridized carbons (Fsp3) is 0.286. The zero-order valence-electron chi connectivity index (χ0n) is 21.7. The van der Waals surface area contributed by atoms with Crippen LogP contribution in [0.5, 0.6) is 0 Å². The second-order valence-corrected chi connectivity index (χ2v) is 13.2. The van der Waals surface area contributed by atoms with E-state index in [-0.39, 0.29) is 47.7 Å². The monoisotopic (exact) mass is 566 g/mol. The molecule has 0 bridgehead atoms. The molecular formula is C28H30N4O5S2. The molecule has 0 aliphatic carbocycles. The van der Waals surface area contributed by atoms with E-state index in [1.54, 1.807) is 59.5 Å².